The molecule has 2 aliphatic heterocycles. The van der Waals surface area contributed by atoms with E-state index in [1.807, 2.05) is 26.8 Å². The van der Waals surface area contributed by atoms with Gasteiger partial charge >= 0.3 is 6.09 Å². The molecule has 26 heavy (non-hydrogen) atoms. The molecule has 0 saturated carbocycles. The van der Waals surface area contributed by atoms with Gasteiger partial charge in [0.1, 0.15) is 11.1 Å². The lowest BCUT2D eigenvalue weighted by atomic mass is 9.74. The summed E-state index contributed by atoms with van der Waals surface area (Å²) in [4.78, 5) is 14.8. The third-order valence-corrected chi connectivity index (χ3v) is 5.34. The lowest BCUT2D eigenvalue weighted by molar-refractivity contribution is -0.00568. The first-order valence-corrected chi connectivity index (χ1v) is 9.52. The second kappa shape index (κ2) is 7.28. The van der Waals surface area contributed by atoms with Crippen molar-refractivity contribution in [2.24, 2.45) is 0 Å². The molecule has 0 spiro atoms. The molecular formula is C21H29N3O2. The van der Waals surface area contributed by atoms with Crippen molar-refractivity contribution in [3.05, 3.63) is 35.9 Å². The minimum absolute atomic E-state index is 0.317. The first kappa shape index (κ1) is 18.7. The number of piperidine rings is 2. The highest BCUT2D eigenvalue weighted by molar-refractivity contribution is 5.69. The van der Waals surface area contributed by atoms with Crippen molar-refractivity contribution in [3.63, 3.8) is 0 Å². The van der Waals surface area contributed by atoms with Crippen LogP contribution in [0.25, 0.3) is 0 Å². The third-order valence-electron chi connectivity index (χ3n) is 5.34. The van der Waals surface area contributed by atoms with Crippen LogP contribution in [0, 0.1) is 11.3 Å². The molecule has 0 aliphatic carbocycles. The molecule has 2 bridgehead atoms. The predicted molar refractivity (Wildman–Crippen MR) is 100 cm³/mol. The first-order chi connectivity index (χ1) is 12.3. The van der Waals surface area contributed by atoms with Gasteiger partial charge in [0.15, 0.2) is 0 Å². The van der Waals surface area contributed by atoms with Crippen molar-refractivity contribution in [1.29, 1.82) is 5.26 Å². The Kier molecular flexibility index (Phi) is 5.24. The standard InChI is InChI=1S/C21H29N3O2/c1-20(2,3)26-19(25)23-21(15-22)12-17-10-7-11-18(13-21)24(17)14-16-8-5-4-6-9-16/h4-6,8-9,17-18H,7,10-14H2,1-3H3,(H,23,25). The fourth-order valence-electron chi connectivity index (χ4n) is 4.32. The smallest absolute Gasteiger partial charge is 0.408 e. The van der Waals surface area contributed by atoms with E-state index in [4.69, 9.17) is 4.74 Å². The van der Waals surface area contributed by atoms with Gasteiger partial charge < -0.3 is 10.1 Å². The predicted octanol–water partition coefficient (Wildman–Crippen LogP) is 3.99. The molecule has 2 saturated heterocycles. The van der Waals surface area contributed by atoms with Gasteiger partial charge in [-0.2, -0.15) is 5.26 Å². The zero-order chi connectivity index (χ0) is 18.8. The molecule has 1 amide bonds. The van der Waals surface area contributed by atoms with Crippen molar-refractivity contribution in [2.75, 3.05) is 0 Å². The molecule has 1 aromatic carbocycles. The number of carbonyl (C=O) groups is 1. The summed E-state index contributed by atoms with van der Waals surface area (Å²) in [5.74, 6) is 0. The van der Waals surface area contributed by atoms with E-state index < -0.39 is 17.2 Å². The van der Waals surface area contributed by atoms with Gasteiger partial charge in [0, 0.05) is 18.6 Å². The summed E-state index contributed by atoms with van der Waals surface area (Å²) in [6.07, 6.45) is 4.16. The minimum Gasteiger partial charge on any atom is -0.444 e. The van der Waals surface area contributed by atoms with Crippen molar-refractivity contribution < 1.29 is 9.53 Å². The Labute approximate surface area is 156 Å². The van der Waals surface area contributed by atoms with Gasteiger partial charge in [-0.3, -0.25) is 4.90 Å². The van der Waals surface area contributed by atoms with E-state index >= 15 is 0 Å². The number of rotatable bonds is 3. The van der Waals surface area contributed by atoms with Crippen LogP contribution >= 0.6 is 0 Å². The van der Waals surface area contributed by atoms with Gasteiger partial charge in [-0.1, -0.05) is 36.8 Å². The highest BCUT2D eigenvalue weighted by atomic mass is 16.6. The summed E-state index contributed by atoms with van der Waals surface area (Å²) >= 11 is 0. The molecule has 0 aromatic heterocycles. The first-order valence-electron chi connectivity index (χ1n) is 9.52. The molecule has 140 valence electrons. The number of hydrogen-bond acceptors (Lipinski definition) is 4. The van der Waals surface area contributed by atoms with E-state index in [0.717, 1.165) is 19.4 Å². The average Bonchev–Trinajstić information content (AvgIpc) is 2.55. The van der Waals surface area contributed by atoms with Crippen LogP contribution in [-0.4, -0.2) is 34.2 Å². The molecule has 5 nitrogen and oxygen atoms in total. The average molecular weight is 355 g/mol. The minimum atomic E-state index is -0.828. The Morgan fingerprint density at radius 3 is 2.42 bits per heavy atom. The van der Waals surface area contributed by atoms with Crippen LogP contribution in [-0.2, 0) is 11.3 Å². The molecule has 3 rings (SSSR count). The van der Waals surface area contributed by atoms with Crippen molar-refractivity contribution in [3.8, 4) is 6.07 Å². The van der Waals surface area contributed by atoms with Crippen molar-refractivity contribution >= 4 is 6.09 Å². The number of benzene rings is 1. The van der Waals surface area contributed by atoms with Crippen LogP contribution in [0.4, 0.5) is 4.79 Å². The quantitative estimate of drug-likeness (QED) is 0.890. The number of alkyl carbamates (subject to hydrolysis) is 1. The van der Waals surface area contributed by atoms with E-state index in [1.54, 1.807) is 0 Å². The van der Waals surface area contributed by atoms with Crippen molar-refractivity contribution in [2.45, 2.75) is 82.6 Å². The molecule has 0 radical (unpaired) electrons. The van der Waals surface area contributed by atoms with E-state index in [2.05, 4.69) is 40.6 Å². The molecular weight excluding hydrogens is 326 g/mol. The Morgan fingerprint density at radius 1 is 1.27 bits per heavy atom. The Morgan fingerprint density at radius 2 is 1.88 bits per heavy atom. The van der Waals surface area contributed by atoms with Gasteiger partial charge in [0.05, 0.1) is 6.07 Å². The maximum atomic E-state index is 12.3. The largest absolute Gasteiger partial charge is 0.444 e. The summed E-state index contributed by atoms with van der Waals surface area (Å²) in [5.41, 5.74) is -0.0930. The number of ether oxygens (including phenoxy) is 1. The van der Waals surface area contributed by atoms with Crippen LogP contribution in [0.5, 0.6) is 0 Å². The van der Waals surface area contributed by atoms with E-state index in [-0.39, 0.29) is 0 Å². The third kappa shape index (κ3) is 4.37. The molecule has 1 aromatic rings. The summed E-state index contributed by atoms with van der Waals surface area (Å²) in [6, 6.07) is 13.5. The second-order valence-corrected chi connectivity index (χ2v) is 8.63. The van der Waals surface area contributed by atoms with E-state index in [9.17, 15) is 10.1 Å². The van der Waals surface area contributed by atoms with Gasteiger partial charge in [0.25, 0.3) is 0 Å². The molecule has 1 N–H and O–H groups in total. The maximum absolute atomic E-state index is 12.3. The number of nitrogens with zero attached hydrogens (tertiary/aromatic N) is 2. The van der Waals surface area contributed by atoms with E-state index in [1.165, 1.54) is 12.0 Å². The SMILES string of the molecule is CC(C)(C)OC(=O)NC1(C#N)CC2CCCC(C1)N2Cc1ccccc1. The fourth-order valence-corrected chi connectivity index (χ4v) is 4.32. The monoisotopic (exact) mass is 355 g/mol. The normalized spacial score (nSPS) is 28.8. The molecule has 2 atom stereocenters. The summed E-state index contributed by atoms with van der Waals surface area (Å²) < 4.78 is 5.40. The van der Waals surface area contributed by atoms with Crippen LogP contribution in [0.15, 0.2) is 30.3 Å². The van der Waals surface area contributed by atoms with Gasteiger partial charge in [-0.25, -0.2) is 4.79 Å². The lowest BCUT2D eigenvalue weighted by Crippen LogP contribution is -2.63. The van der Waals surface area contributed by atoms with Crippen LogP contribution in [0.1, 0.15) is 58.4 Å². The molecule has 5 heteroatoms. The summed E-state index contributed by atoms with van der Waals surface area (Å²) in [6.45, 7) is 6.42. The molecule has 2 unspecified atom stereocenters. The second-order valence-electron chi connectivity index (χ2n) is 8.63. The number of carbonyl (C=O) groups excluding carboxylic acids is 1. The highest BCUT2D eigenvalue weighted by Crippen LogP contribution is 2.40. The molecule has 2 aliphatic rings. The Bertz CT molecular complexity index is 661. The van der Waals surface area contributed by atoms with Gasteiger partial charge in [-0.05, 0) is 52.0 Å². The summed E-state index contributed by atoms with van der Waals surface area (Å²) in [7, 11) is 0. The highest BCUT2D eigenvalue weighted by Gasteiger charge is 2.48. The number of fused-ring (bicyclic) bond motifs is 2. The number of nitrogens with one attached hydrogen (secondary N) is 1. The molecule has 2 fully saturated rings. The fraction of sp³-hybridized carbons (Fsp3) is 0.619. The Hall–Kier alpha value is -2.06. The van der Waals surface area contributed by atoms with Gasteiger partial charge in [-0.15, -0.1) is 0 Å². The number of amides is 1. The van der Waals surface area contributed by atoms with Crippen LogP contribution in [0.2, 0.25) is 0 Å². The Balaban J connectivity index is 1.73. The number of hydrogen-bond donors (Lipinski definition) is 1. The van der Waals surface area contributed by atoms with E-state index in [0.29, 0.717) is 24.9 Å². The lowest BCUT2D eigenvalue weighted by Gasteiger charge is -2.51. The van der Waals surface area contributed by atoms with Crippen molar-refractivity contribution in [1.82, 2.24) is 10.2 Å². The summed E-state index contributed by atoms with van der Waals surface area (Å²) in [5, 5.41) is 12.8. The number of nitriles is 1. The van der Waals surface area contributed by atoms with Gasteiger partial charge in [0.2, 0.25) is 0 Å². The topological polar surface area (TPSA) is 65.4 Å². The zero-order valence-electron chi connectivity index (χ0n) is 16.0. The molecule has 2 heterocycles. The van der Waals surface area contributed by atoms with Crippen LogP contribution in [0.3, 0.4) is 0 Å². The van der Waals surface area contributed by atoms with Crippen LogP contribution < -0.4 is 5.32 Å². The zero-order valence-corrected chi connectivity index (χ0v) is 16.0. The maximum Gasteiger partial charge on any atom is 0.408 e.